The Hall–Kier alpha value is -1.10. The van der Waals surface area contributed by atoms with Gasteiger partial charge < -0.3 is 10.1 Å². The van der Waals surface area contributed by atoms with E-state index in [4.69, 9.17) is 16.3 Å². The van der Waals surface area contributed by atoms with E-state index in [1.54, 1.807) is 6.20 Å². The van der Waals surface area contributed by atoms with E-state index < -0.39 is 0 Å². The molecule has 0 amide bonds. The third kappa shape index (κ3) is 4.70. The summed E-state index contributed by atoms with van der Waals surface area (Å²) in [6, 6.07) is 7.61. The van der Waals surface area contributed by atoms with E-state index in [-0.39, 0.29) is 0 Å². The number of hydrogen-bond acceptors (Lipinski definition) is 3. The van der Waals surface area contributed by atoms with Gasteiger partial charge in [-0.15, -0.1) is 0 Å². The van der Waals surface area contributed by atoms with E-state index in [0.717, 1.165) is 40.9 Å². The molecule has 1 heterocycles. The van der Waals surface area contributed by atoms with Crippen LogP contribution in [-0.4, -0.2) is 11.5 Å². The van der Waals surface area contributed by atoms with Crippen LogP contribution >= 0.6 is 27.5 Å². The standard InChI is InChI=1S/C16H18BrClN2O/c1-3-6-19-9-12-7-13(17)10-20-16(12)21-15-8-14(18)5-4-11(15)2/h4-5,7-8,10,19H,3,6,9H2,1-2H3. The number of halogens is 2. The molecular weight excluding hydrogens is 352 g/mol. The molecule has 1 N–H and O–H groups in total. The second-order valence-corrected chi connectivity index (χ2v) is 6.16. The first-order chi connectivity index (χ1) is 10.1. The maximum atomic E-state index is 6.03. The maximum absolute atomic E-state index is 6.03. The summed E-state index contributed by atoms with van der Waals surface area (Å²) in [5.74, 6) is 1.33. The lowest BCUT2D eigenvalue weighted by Crippen LogP contribution is -2.14. The fourth-order valence-electron chi connectivity index (χ4n) is 1.88. The van der Waals surface area contributed by atoms with E-state index in [2.05, 4.69) is 33.2 Å². The number of aromatic nitrogens is 1. The van der Waals surface area contributed by atoms with Crippen LogP contribution in [0, 0.1) is 6.92 Å². The van der Waals surface area contributed by atoms with Crippen molar-refractivity contribution < 1.29 is 4.74 Å². The highest BCUT2D eigenvalue weighted by Gasteiger charge is 2.09. The molecule has 0 spiro atoms. The van der Waals surface area contributed by atoms with Gasteiger partial charge in [0.1, 0.15) is 5.75 Å². The van der Waals surface area contributed by atoms with Crippen LogP contribution in [0.3, 0.4) is 0 Å². The molecule has 0 aliphatic rings. The summed E-state index contributed by atoms with van der Waals surface area (Å²) >= 11 is 9.48. The molecule has 3 nitrogen and oxygen atoms in total. The molecule has 0 radical (unpaired) electrons. The molecule has 0 unspecified atom stereocenters. The van der Waals surface area contributed by atoms with Crippen LogP contribution < -0.4 is 10.1 Å². The van der Waals surface area contributed by atoms with Gasteiger partial charge in [-0.25, -0.2) is 4.98 Å². The molecular formula is C16H18BrClN2O. The van der Waals surface area contributed by atoms with E-state index in [1.807, 2.05) is 31.2 Å². The summed E-state index contributed by atoms with van der Waals surface area (Å²) in [7, 11) is 0. The van der Waals surface area contributed by atoms with Crippen molar-refractivity contribution in [2.45, 2.75) is 26.8 Å². The highest BCUT2D eigenvalue weighted by molar-refractivity contribution is 9.10. The first kappa shape index (κ1) is 16.3. The van der Waals surface area contributed by atoms with Crippen LogP contribution in [0.4, 0.5) is 0 Å². The first-order valence-electron chi connectivity index (χ1n) is 6.89. The SMILES string of the molecule is CCCNCc1cc(Br)cnc1Oc1cc(Cl)ccc1C. The monoisotopic (exact) mass is 368 g/mol. The number of aryl methyl sites for hydroxylation is 1. The molecule has 2 rings (SSSR count). The molecule has 1 aromatic carbocycles. The third-order valence-electron chi connectivity index (χ3n) is 2.99. The summed E-state index contributed by atoms with van der Waals surface area (Å²) in [5, 5.41) is 4.02. The molecule has 0 aliphatic heterocycles. The van der Waals surface area contributed by atoms with Crippen molar-refractivity contribution in [1.29, 1.82) is 0 Å². The lowest BCUT2D eigenvalue weighted by atomic mass is 10.2. The molecule has 0 saturated heterocycles. The van der Waals surface area contributed by atoms with Gasteiger partial charge in [0.15, 0.2) is 0 Å². The van der Waals surface area contributed by atoms with Crippen LogP contribution in [0.2, 0.25) is 5.02 Å². The Labute approximate surface area is 138 Å². The van der Waals surface area contributed by atoms with Gasteiger partial charge in [-0.3, -0.25) is 0 Å². The molecule has 0 saturated carbocycles. The van der Waals surface area contributed by atoms with Gasteiger partial charge in [0.2, 0.25) is 5.88 Å². The number of pyridine rings is 1. The van der Waals surface area contributed by atoms with Crippen molar-refractivity contribution in [3.8, 4) is 11.6 Å². The highest BCUT2D eigenvalue weighted by atomic mass is 79.9. The lowest BCUT2D eigenvalue weighted by molar-refractivity contribution is 0.449. The van der Waals surface area contributed by atoms with Crippen LogP contribution in [0.15, 0.2) is 34.9 Å². The quantitative estimate of drug-likeness (QED) is 0.719. The summed E-state index contributed by atoms with van der Waals surface area (Å²) in [4.78, 5) is 4.37. The van der Waals surface area contributed by atoms with Gasteiger partial charge in [0, 0.05) is 27.8 Å². The minimum Gasteiger partial charge on any atom is -0.438 e. The third-order valence-corrected chi connectivity index (χ3v) is 3.66. The zero-order valence-corrected chi connectivity index (χ0v) is 14.5. The predicted molar refractivity (Wildman–Crippen MR) is 90.2 cm³/mol. The number of hydrogen-bond donors (Lipinski definition) is 1. The van der Waals surface area contributed by atoms with Crippen LogP contribution in [-0.2, 0) is 6.54 Å². The Morgan fingerprint density at radius 2 is 2.14 bits per heavy atom. The van der Waals surface area contributed by atoms with Crippen molar-refractivity contribution >= 4 is 27.5 Å². The molecule has 0 bridgehead atoms. The zero-order valence-electron chi connectivity index (χ0n) is 12.1. The average Bonchev–Trinajstić information content (AvgIpc) is 2.46. The number of benzene rings is 1. The molecule has 5 heteroatoms. The smallest absolute Gasteiger partial charge is 0.223 e. The Bertz CT molecular complexity index is 619. The fourth-order valence-corrected chi connectivity index (χ4v) is 2.42. The summed E-state index contributed by atoms with van der Waals surface area (Å²) in [6.45, 7) is 5.80. The predicted octanol–water partition coefficient (Wildman–Crippen LogP) is 5.10. The van der Waals surface area contributed by atoms with Gasteiger partial charge in [-0.05, 0) is 59.6 Å². The second-order valence-electron chi connectivity index (χ2n) is 4.81. The van der Waals surface area contributed by atoms with Crippen molar-refractivity contribution in [2.75, 3.05) is 6.54 Å². The lowest BCUT2D eigenvalue weighted by Gasteiger charge is -2.13. The summed E-state index contributed by atoms with van der Waals surface area (Å²) < 4.78 is 6.89. The van der Waals surface area contributed by atoms with Gasteiger partial charge in [-0.1, -0.05) is 24.6 Å². The second kappa shape index (κ2) is 7.78. The number of nitrogens with one attached hydrogen (secondary N) is 1. The van der Waals surface area contributed by atoms with Gasteiger partial charge >= 0.3 is 0 Å². The Kier molecular flexibility index (Phi) is 6.03. The van der Waals surface area contributed by atoms with Crippen LogP contribution in [0.5, 0.6) is 11.6 Å². The normalized spacial score (nSPS) is 10.7. The molecule has 0 aliphatic carbocycles. The summed E-state index contributed by atoms with van der Waals surface area (Å²) in [5.41, 5.74) is 2.04. The summed E-state index contributed by atoms with van der Waals surface area (Å²) in [6.07, 6.45) is 2.82. The Balaban J connectivity index is 2.24. The fraction of sp³-hybridized carbons (Fsp3) is 0.312. The maximum Gasteiger partial charge on any atom is 0.223 e. The molecule has 0 fully saturated rings. The Morgan fingerprint density at radius 1 is 1.33 bits per heavy atom. The van der Waals surface area contributed by atoms with E-state index in [0.29, 0.717) is 10.9 Å². The molecule has 0 atom stereocenters. The van der Waals surface area contributed by atoms with Crippen molar-refractivity contribution in [2.24, 2.45) is 0 Å². The van der Waals surface area contributed by atoms with Crippen LogP contribution in [0.1, 0.15) is 24.5 Å². The molecule has 112 valence electrons. The van der Waals surface area contributed by atoms with Gasteiger partial charge in [0.25, 0.3) is 0 Å². The molecule has 2 aromatic rings. The minimum atomic E-state index is 0.604. The van der Waals surface area contributed by atoms with Crippen molar-refractivity contribution in [3.63, 3.8) is 0 Å². The van der Waals surface area contributed by atoms with E-state index in [1.165, 1.54) is 0 Å². The largest absolute Gasteiger partial charge is 0.438 e. The van der Waals surface area contributed by atoms with Crippen molar-refractivity contribution in [3.05, 3.63) is 51.1 Å². The number of ether oxygens (including phenoxy) is 1. The minimum absolute atomic E-state index is 0.604. The first-order valence-corrected chi connectivity index (χ1v) is 8.06. The van der Waals surface area contributed by atoms with E-state index >= 15 is 0 Å². The zero-order chi connectivity index (χ0) is 15.2. The van der Waals surface area contributed by atoms with Crippen LogP contribution in [0.25, 0.3) is 0 Å². The average molecular weight is 370 g/mol. The van der Waals surface area contributed by atoms with Crippen molar-refractivity contribution in [1.82, 2.24) is 10.3 Å². The number of rotatable bonds is 6. The molecule has 21 heavy (non-hydrogen) atoms. The Morgan fingerprint density at radius 3 is 2.90 bits per heavy atom. The topological polar surface area (TPSA) is 34.2 Å². The van der Waals surface area contributed by atoms with Gasteiger partial charge in [0.05, 0.1) is 0 Å². The highest BCUT2D eigenvalue weighted by Crippen LogP contribution is 2.29. The number of nitrogens with zero attached hydrogens (tertiary/aromatic N) is 1. The molecule has 1 aromatic heterocycles. The van der Waals surface area contributed by atoms with Gasteiger partial charge in [-0.2, -0.15) is 0 Å². The van der Waals surface area contributed by atoms with E-state index in [9.17, 15) is 0 Å².